The lowest BCUT2D eigenvalue weighted by molar-refractivity contribution is -0.134. The lowest BCUT2D eigenvalue weighted by Crippen LogP contribution is -2.51. The zero-order valence-corrected chi connectivity index (χ0v) is 19.5. The van der Waals surface area contributed by atoms with Gasteiger partial charge < -0.3 is 15.2 Å². The van der Waals surface area contributed by atoms with Crippen molar-refractivity contribution in [1.29, 1.82) is 0 Å². The van der Waals surface area contributed by atoms with Gasteiger partial charge in [-0.3, -0.25) is 14.9 Å². The van der Waals surface area contributed by atoms with Crippen molar-refractivity contribution >= 4 is 21.8 Å². The highest BCUT2D eigenvalue weighted by molar-refractivity contribution is 7.89. The fourth-order valence-corrected chi connectivity index (χ4v) is 4.68. The summed E-state index contributed by atoms with van der Waals surface area (Å²) in [6, 6.07) is 3.56. The van der Waals surface area contributed by atoms with Crippen LogP contribution in [-0.4, -0.2) is 56.8 Å². The van der Waals surface area contributed by atoms with Crippen molar-refractivity contribution < 1.29 is 32.2 Å². The second kappa shape index (κ2) is 10.9. The number of carbonyl (C=O) groups is 2. The van der Waals surface area contributed by atoms with Crippen LogP contribution in [0.2, 0.25) is 0 Å². The molecular formula is C22H32FN3O6S. The summed E-state index contributed by atoms with van der Waals surface area (Å²) in [7, 11) is -3.70. The van der Waals surface area contributed by atoms with Crippen molar-refractivity contribution in [2.24, 2.45) is 5.92 Å². The molecule has 1 heterocycles. The summed E-state index contributed by atoms with van der Waals surface area (Å²) in [6.45, 7) is 2.15. The van der Waals surface area contributed by atoms with Gasteiger partial charge >= 0.3 is 0 Å². The molecule has 2 aliphatic rings. The van der Waals surface area contributed by atoms with Gasteiger partial charge in [-0.2, -0.15) is 0 Å². The number of imide groups is 1. The second-order valence-corrected chi connectivity index (χ2v) is 10.7. The zero-order chi connectivity index (χ0) is 24.1. The Morgan fingerprint density at radius 2 is 2.03 bits per heavy atom. The summed E-state index contributed by atoms with van der Waals surface area (Å²) in [6.07, 6.45) is 3.20. The first-order chi connectivity index (χ1) is 15.6. The van der Waals surface area contributed by atoms with Crippen LogP contribution in [0, 0.1) is 11.7 Å². The van der Waals surface area contributed by atoms with Crippen LogP contribution in [-0.2, 0) is 25.2 Å². The maximum absolute atomic E-state index is 14.1. The van der Waals surface area contributed by atoms with E-state index in [1.54, 1.807) is 6.92 Å². The number of hydrogen-bond donors (Lipinski definition) is 4. The van der Waals surface area contributed by atoms with Crippen molar-refractivity contribution in [3.8, 4) is 5.75 Å². The van der Waals surface area contributed by atoms with E-state index >= 15 is 0 Å². The molecule has 2 amide bonds. The Balaban J connectivity index is 1.50. The molecule has 4 N–H and O–H groups in total. The fraction of sp³-hybridized carbons (Fsp3) is 0.636. The third-order valence-electron chi connectivity index (χ3n) is 6.03. The molecule has 1 aliphatic carbocycles. The molecule has 1 aromatic rings. The number of benzene rings is 1. The molecule has 11 heteroatoms. The van der Waals surface area contributed by atoms with Gasteiger partial charge in [0, 0.05) is 13.0 Å². The smallest absolute Gasteiger partial charge is 0.243 e. The Kier molecular flexibility index (Phi) is 8.43. The number of hydrogen-bond acceptors (Lipinski definition) is 7. The van der Waals surface area contributed by atoms with Crippen LogP contribution in [0.5, 0.6) is 5.75 Å². The van der Waals surface area contributed by atoms with Crippen LogP contribution in [0.4, 0.5) is 4.39 Å². The van der Waals surface area contributed by atoms with Gasteiger partial charge in [-0.1, -0.05) is 13.0 Å². The first-order valence-electron chi connectivity index (χ1n) is 11.3. The molecule has 0 spiro atoms. The van der Waals surface area contributed by atoms with E-state index in [2.05, 4.69) is 15.4 Å². The first-order valence-corrected chi connectivity index (χ1v) is 13.0. The topological polar surface area (TPSA) is 134 Å². The zero-order valence-electron chi connectivity index (χ0n) is 18.7. The summed E-state index contributed by atoms with van der Waals surface area (Å²) >= 11 is 0. The Morgan fingerprint density at radius 3 is 2.70 bits per heavy atom. The van der Waals surface area contributed by atoms with Crippen LogP contribution in [0.15, 0.2) is 18.2 Å². The number of sulfonamides is 1. The molecule has 2 fully saturated rings. The normalized spacial score (nSPS) is 20.9. The number of aliphatic hydroxyl groups is 1. The number of nitrogens with one attached hydrogen (secondary N) is 3. The average molecular weight is 486 g/mol. The van der Waals surface area contributed by atoms with Gasteiger partial charge in [-0.25, -0.2) is 17.5 Å². The summed E-state index contributed by atoms with van der Waals surface area (Å²) in [4.78, 5) is 22.9. The van der Waals surface area contributed by atoms with Crippen LogP contribution >= 0.6 is 0 Å². The van der Waals surface area contributed by atoms with E-state index < -0.39 is 33.4 Å². The van der Waals surface area contributed by atoms with E-state index in [9.17, 15) is 27.5 Å². The van der Waals surface area contributed by atoms with Gasteiger partial charge in [0.2, 0.25) is 21.8 Å². The molecule has 0 aromatic heterocycles. The Bertz CT molecular complexity index is 969. The summed E-state index contributed by atoms with van der Waals surface area (Å²) in [5.74, 6) is -0.951. The summed E-state index contributed by atoms with van der Waals surface area (Å²) in [5.41, 5.74) is -1.15. The molecule has 0 radical (unpaired) electrons. The van der Waals surface area contributed by atoms with Crippen molar-refractivity contribution in [3.63, 3.8) is 0 Å². The van der Waals surface area contributed by atoms with E-state index in [1.165, 1.54) is 18.2 Å². The molecule has 33 heavy (non-hydrogen) atoms. The van der Waals surface area contributed by atoms with Crippen LogP contribution in [0.1, 0.15) is 51.0 Å². The van der Waals surface area contributed by atoms with E-state index in [1.807, 2.05) is 0 Å². The molecule has 1 aromatic carbocycles. The van der Waals surface area contributed by atoms with Crippen molar-refractivity contribution in [1.82, 2.24) is 15.4 Å². The maximum Gasteiger partial charge on any atom is 0.243 e. The number of piperidine rings is 1. The summed E-state index contributed by atoms with van der Waals surface area (Å²) < 4.78 is 46.9. The Morgan fingerprint density at radius 1 is 1.27 bits per heavy atom. The largest absolute Gasteiger partial charge is 0.490 e. The van der Waals surface area contributed by atoms with Crippen LogP contribution < -0.4 is 20.1 Å². The highest BCUT2D eigenvalue weighted by Gasteiger charge is 2.31. The van der Waals surface area contributed by atoms with Crippen molar-refractivity contribution in [2.45, 2.75) is 57.1 Å². The predicted octanol–water partition coefficient (Wildman–Crippen LogP) is 0.916. The molecule has 9 nitrogen and oxygen atoms in total. The van der Waals surface area contributed by atoms with Gasteiger partial charge in [0.05, 0.1) is 18.4 Å². The lowest BCUT2D eigenvalue weighted by Gasteiger charge is -2.28. The van der Waals surface area contributed by atoms with Crippen molar-refractivity contribution in [3.05, 3.63) is 29.6 Å². The predicted molar refractivity (Wildman–Crippen MR) is 119 cm³/mol. The van der Waals surface area contributed by atoms with Gasteiger partial charge in [-0.15, -0.1) is 0 Å². The van der Waals surface area contributed by atoms with E-state index in [-0.39, 0.29) is 49.8 Å². The molecule has 184 valence electrons. The second-order valence-electron chi connectivity index (χ2n) is 8.74. The van der Waals surface area contributed by atoms with E-state index in [0.29, 0.717) is 24.5 Å². The quantitative estimate of drug-likeness (QED) is 0.241. The van der Waals surface area contributed by atoms with Crippen LogP contribution in [0.3, 0.4) is 0 Å². The van der Waals surface area contributed by atoms with Gasteiger partial charge in [-0.05, 0) is 62.3 Å². The minimum atomic E-state index is -3.70. The highest BCUT2D eigenvalue weighted by Crippen LogP contribution is 2.32. The molecule has 1 saturated carbocycles. The van der Waals surface area contributed by atoms with E-state index in [0.717, 1.165) is 12.8 Å². The SMILES string of the molecule is CC[C@@](O)(CNS(=O)(=O)CCCNC1CCC(=O)NC1=O)c1ccc(F)c(OCC2CC2)c1. The van der Waals surface area contributed by atoms with Crippen LogP contribution in [0.25, 0.3) is 0 Å². The standard InChI is InChI=1S/C22H32FN3O6S/c1-2-22(29,16-6-7-17(23)19(12-16)32-13-15-4-5-15)14-25-33(30,31)11-3-10-24-18-8-9-20(27)26-21(18)28/h6-7,12,15,18,24-25,29H,2-5,8-11,13-14H2,1H3,(H,26,27,28)/t18?,22-/m1/s1. The van der Waals surface area contributed by atoms with Gasteiger partial charge in [0.15, 0.2) is 11.6 Å². The third kappa shape index (κ3) is 7.46. The number of amides is 2. The summed E-state index contributed by atoms with van der Waals surface area (Å²) in [5, 5.41) is 16.3. The number of ether oxygens (including phenoxy) is 1. The van der Waals surface area contributed by atoms with Crippen molar-refractivity contribution in [2.75, 3.05) is 25.4 Å². The van der Waals surface area contributed by atoms with E-state index in [4.69, 9.17) is 4.74 Å². The number of halogens is 1. The molecule has 3 rings (SSSR count). The maximum atomic E-state index is 14.1. The average Bonchev–Trinajstić information content (AvgIpc) is 3.60. The lowest BCUT2D eigenvalue weighted by atomic mass is 9.91. The molecule has 0 bridgehead atoms. The third-order valence-corrected chi connectivity index (χ3v) is 7.44. The minimum Gasteiger partial charge on any atom is -0.490 e. The Hall–Kier alpha value is -2.08. The highest BCUT2D eigenvalue weighted by atomic mass is 32.2. The molecule has 1 saturated heterocycles. The fourth-order valence-electron chi connectivity index (χ4n) is 3.56. The number of carbonyl (C=O) groups excluding carboxylic acids is 2. The van der Waals surface area contributed by atoms with Gasteiger partial charge in [0.25, 0.3) is 0 Å². The minimum absolute atomic E-state index is 0.0497. The molecule has 2 atom stereocenters. The molecular weight excluding hydrogens is 453 g/mol. The first kappa shape index (κ1) is 25.5. The Labute approximate surface area is 193 Å². The van der Waals surface area contributed by atoms with Gasteiger partial charge in [0.1, 0.15) is 5.60 Å². The monoisotopic (exact) mass is 485 g/mol. The number of rotatable bonds is 13. The molecule has 1 aliphatic heterocycles. The molecule has 1 unspecified atom stereocenters.